The van der Waals surface area contributed by atoms with Gasteiger partial charge in [-0.15, -0.1) is 11.8 Å². The summed E-state index contributed by atoms with van der Waals surface area (Å²) in [6.07, 6.45) is 1.97. The highest BCUT2D eigenvalue weighted by atomic mass is 32.2. The minimum atomic E-state index is 0.168. The van der Waals surface area contributed by atoms with E-state index in [4.69, 9.17) is 10.3 Å². The van der Waals surface area contributed by atoms with E-state index in [2.05, 4.69) is 5.16 Å². The van der Waals surface area contributed by atoms with Crippen LogP contribution >= 0.6 is 11.8 Å². The van der Waals surface area contributed by atoms with Crippen LogP contribution in [-0.2, 0) is 0 Å². The van der Waals surface area contributed by atoms with Gasteiger partial charge >= 0.3 is 0 Å². The molecule has 1 aromatic heterocycles. The van der Waals surface area contributed by atoms with Crippen molar-refractivity contribution < 1.29 is 9.63 Å². The molecule has 0 radical (unpaired) electrons. The van der Waals surface area contributed by atoms with Crippen LogP contribution in [0.4, 0.5) is 5.88 Å². The smallest absolute Gasteiger partial charge is 0.222 e. The number of aromatic nitrogens is 1. The van der Waals surface area contributed by atoms with Gasteiger partial charge in [0.15, 0.2) is 0 Å². The van der Waals surface area contributed by atoms with Crippen LogP contribution in [0.5, 0.6) is 5.75 Å². The number of nitrogen functional groups attached to an aromatic ring is 1. The Hall–Kier alpha value is -1.62. The summed E-state index contributed by atoms with van der Waals surface area (Å²) in [6.45, 7) is 0. The van der Waals surface area contributed by atoms with E-state index in [1.165, 1.54) is 0 Å². The maximum Gasteiger partial charge on any atom is 0.222 e. The molecular weight excluding hydrogens is 212 g/mol. The van der Waals surface area contributed by atoms with Crippen molar-refractivity contribution in [2.75, 3.05) is 12.0 Å². The molecule has 2 aromatic rings. The molecule has 0 saturated heterocycles. The Bertz CT molecular complexity index is 482. The van der Waals surface area contributed by atoms with Crippen molar-refractivity contribution in [2.45, 2.75) is 4.90 Å². The van der Waals surface area contributed by atoms with Crippen molar-refractivity contribution in [3.05, 3.63) is 24.3 Å². The lowest BCUT2D eigenvalue weighted by Crippen LogP contribution is -1.80. The average molecular weight is 222 g/mol. The van der Waals surface area contributed by atoms with Crippen molar-refractivity contribution in [2.24, 2.45) is 0 Å². The van der Waals surface area contributed by atoms with Crippen LogP contribution in [-0.4, -0.2) is 16.5 Å². The number of hydrogen-bond acceptors (Lipinski definition) is 5. The van der Waals surface area contributed by atoms with E-state index in [0.29, 0.717) is 11.3 Å². The van der Waals surface area contributed by atoms with Crippen LogP contribution in [0, 0.1) is 0 Å². The predicted molar refractivity (Wildman–Crippen MR) is 59.8 cm³/mol. The van der Waals surface area contributed by atoms with Crippen molar-refractivity contribution in [3.63, 3.8) is 0 Å². The maximum absolute atomic E-state index is 9.66. The van der Waals surface area contributed by atoms with Crippen LogP contribution in [0.15, 0.2) is 33.7 Å². The van der Waals surface area contributed by atoms with Crippen LogP contribution in [0.3, 0.4) is 0 Å². The van der Waals surface area contributed by atoms with E-state index in [1.807, 2.05) is 18.4 Å². The molecule has 0 amide bonds. The van der Waals surface area contributed by atoms with Crippen molar-refractivity contribution in [1.29, 1.82) is 0 Å². The number of anilines is 1. The first-order valence-electron chi connectivity index (χ1n) is 4.30. The molecule has 78 valence electrons. The first-order valence-corrected chi connectivity index (χ1v) is 5.53. The summed E-state index contributed by atoms with van der Waals surface area (Å²) in [5.74, 6) is 0.403. The lowest BCUT2D eigenvalue weighted by Gasteiger charge is -2.02. The standard InChI is InChI=1S/C10H10N2O2S/c1-15-6-2-3-9(13)7(4-6)8-5-10(11)14-12-8/h2-5,13H,11H2,1H3. The monoisotopic (exact) mass is 222 g/mol. The number of phenolic OH excluding ortho intramolecular Hbond substituents is 1. The van der Waals surface area contributed by atoms with Gasteiger partial charge in [0.1, 0.15) is 11.4 Å². The first-order chi connectivity index (χ1) is 7.20. The van der Waals surface area contributed by atoms with E-state index in [0.717, 1.165) is 4.90 Å². The second-order valence-corrected chi connectivity index (χ2v) is 3.88. The van der Waals surface area contributed by atoms with Crippen molar-refractivity contribution in [1.82, 2.24) is 5.16 Å². The lowest BCUT2D eigenvalue weighted by atomic mass is 10.1. The number of benzene rings is 1. The van der Waals surface area contributed by atoms with Gasteiger partial charge in [0, 0.05) is 16.5 Å². The van der Waals surface area contributed by atoms with E-state index in [-0.39, 0.29) is 11.6 Å². The largest absolute Gasteiger partial charge is 0.507 e. The van der Waals surface area contributed by atoms with Gasteiger partial charge in [0.25, 0.3) is 0 Å². The summed E-state index contributed by atoms with van der Waals surface area (Å²) in [6, 6.07) is 6.90. The summed E-state index contributed by atoms with van der Waals surface area (Å²) >= 11 is 1.59. The Morgan fingerprint density at radius 3 is 2.80 bits per heavy atom. The van der Waals surface area contributed by atoms with Gasteiger partial charge in [-0.1, -0.05) is 5.16 Å². The van der Waals surface area contributed by atoms with Crippen LogP contribution < -0.4 is 5.73 Å². The third-order valence-corrected chi connectivity index (χ3v) is 2.73. The summed E-state index contributed by atoms with van der Waals surface area (Å²) in [7, 11) is 0. The number of thioether (sulfide) groups is 1. The molecule has 1 aromatic carbocycles. The van der Waals surface area contributed by atoms with Crippen molar-refractivity contribution >= 4 is 17.6 Å². The molecule has 0 aliphatic heterocycles. The topological polar surface area (TPSA) is 72.3 Å². The fourth-order valence-corrected chi connectivity index (χ4v) is 1.70. The zero-order valence-corrected chi connectivity index (χ0v) is 8.91. The quantitative estimate of drug-likeness (QED) is 0.763. The SMILES string of the molecule is CSc1ccc(O)c(-c2cc(N)on2)c1. The summed E-state index contributed by atoms with van der Waals surface area (Å²) in [5, 5.41) is 13.4. The number of nitrogens with two attached hydrogens (primary N) is 1. The molecule has 1 heterocycles. The average Bonchev–Trinajstić information content (AvgIpc) is 2.65. The zero-order chi connectivity index (χ0) is 10.8. The molecule has 2 rings (SSSR count). The Balaban J connectivity index is 2.51. The molecule has 0 fully saturated rings. The van der Waals surface area contributed by atoms with Crippen LogP contribution in [0.2, 0.25) is 0 Å². The summed E-state index contributed by atoms with van der Waals surface area (Å²) in [5.41, 5.74) is 6.59. The molecule has 3 N–H and O–H groups in total. The maximum atomic E-state index is 9.66. The molecule has 0 bridgehead atoms. The molecule has 0 saturated carbocycles. The third kappa shape index (κ3) is 1.92. The van der Waals surface area contributed by atoms with Gasteiger partial charge in [-0.25, -0.2) is 0 Å². The highest BCUT2D eigenvalue weighted by Crippen LogP contribution is 2.32. The minimum absolute atomic E-state index is 0.168. The molecule has 0 aliphatic rings. The molecular formula is C10H10N2O2S. The van der Waals surface area contributed by atoms with Gasteiger partial charge in [-0.05, 0) is 24.5 Å². The summed E-state index contributed by atoms with van der Waals surface area (Å²) < 4.78 is 4.76. The van der Waals surface area contributed by atoms with E-state index in [1.54, 1.807) is 23.9 Å². The Labute approximate surface area is 91.1 Å². The number of aromatic hydroxyl groups is 1. The van der Waals surface area contributed by atoms with Crippen LogP contribution in [0.1, 0.15) is 0 Å². The Morgan fingerprint density at radius 2 is 2.20 bits per heavy atom. The highest BCUT2D eigenvalue weighted by Gasteiger charge is 2.09. The minimum Gasteiger partial charge on any atom is -0.507 e. The molecule has 15 heavy (non-hydrogen) atoms. The van der Waals surface area contributed by atoms with Gasteiger partial charge in [0.05, 0.1) is 0 Å². The third-order valence-electron chi connectivity index (χ3n) is 2.01. The van der Waals surface area contributed by atoms with Gasteiger partial charge in [-0.3, -0.25) is 0 Å². The number of phenols is 1. The summed E-state index contributed by atoms with van der Waals surface area (Å²) in [4.78, 5) is 1.05. The molecule has 5 heteroatoms. The second kappa shape index (κ2) is 3.86. The van der Waals surface area contributed by atoms with E-state index in [9.17, 15) is 5.11 Å². The lowest BCUT2D eigenvalue weighted by molar-refractivity contribution is 0.437. The Morgan fingerprint density at radius 1 is 1.40 bits per heavy atom. The predicted octanol–water partition coefficient (Wildman–Crippen LogP) is 2.35. The van der Waals surface area contributed by atoms with Gasteiger partial charge in [-0.2, -0.15) is 0 Å². The molecule has 0 atom stereocenters. The van der Waals surface area contributed by atoms with Gasteiger partial charge in [0.2, 0.25) is 5.88 Å². The van der Waals surface area contributed by atoms with Crippen molar-refractivity contribution in [3.8, 4) is 17.0 Å². The van der Waals surface area contributed by atoms with E-state index >= 15 is 0 Å². The number of nitrogens with zero attached hydrogens (tertiary/aromatic N) is 1. The number of rotatable bonds is 2. The zero-order valence-electron chi connectivity index (χ0n) is 8.10. The molecule has 0 aliphatic carbocycles. The normalized spacial score (nSPS) is 10.5. The highest BCUT2D eigenvalue weighted by molar-refractivity contribution is 7.98. The Kier molecular flexibility index (Phi) is 2.55. The van der Waals surface area contributed by atoms with Gasteiger partial charge < -0.3 is 15.4 Å². The van der Waals surface area contributed by atoms with E-state index < -0.39 is 0 Å². The second-order valence-electron chi connectivity index (χ2n) is 3.00. The molecule has 0 spiro atoms. The first kappa shape index (κ1) is 9.92. The molecule has 4 nitrogen and oxygen atoms in total. The van der Waals surface area contributed by atoms with Crippen LogP contribution in [0.25, 0.3) is 11.3 Å². The fourth-order valence-electron chi connectivity index (χ4n) is 1.26. The fraction of sp³-hybridized carbons (Fsp3) is 0.100. The molecule has 0 unspecified atom stereocenters. The number of hydrogen-bond donors (Lipinski definition) is 2.